The third-order valence-corrected chi connectivity index (χ3v) is 4.70. The fourth-order valence-electron chi connectivity index (χ4n) is 2.23. The molecule has 0 saturated heterocycles. The number of alkyl halides is 3. The molecule has 0 bridgehead atoms. The van der Waals surface area contributed by atoms with E-state index in [9.17, 15) is 18.4 Å². The number of hydrogen-bond donors (Lipinski definition) is 1. The summed E-state index contributed by atoms with van der Waals surface area (Å²) in [5.74, 6) is 0. The van der Waals surface area contributed by atoms with Gasteiger partial charge >= 0.3 is 6.18 Å². The number of anilines is 1. The van der Waals surface area contributed by atoms with E-state index in [0.29, 0.717) is 15.7 Å². The van der Waals surface area contributed by atoms with Crippen LogP contribution in [0.2, 0.25) is 5.02 Å². The molecule has 2 aromatic carbocycles. The van der Waals surface area contributed by atoms with Crippen molar-refractivity contribution >= 4 is 34.2 Å². The Morgan fingerprint density at radius 3 is 2.59 bits per heavy atom. The lowest BCUT2D eigenvalue weighted by atomic mass is 10.2. The van der Waals surface area contributed by atoms with Crippen molar-refractivity contribution in [1.29, 1.82) is 5.26 Å². The predicted molar refractivity (Wildman–Crippen MR) is 101 cm³/mol. The molecule has 136 valence electrons. The number of rotatable bonds is 4. The normalized spacial score (nSPS) is 11.9. The van der Waals surface area contributed by atoms with E-state index in [1.54, 1.807) is 17.5 Å². The van der Waals surface area contributed by atoms with Crippen molar-refractivity contribution in [3.05, 3.63) is 75.7 Å². The Kier molecular flexibility index (Phi) is 5.49. The third-order valence-electron chi connectivity index (χ3n) is 3.57. The molecule has 1 heterocycles. The maximum absolute atomic E-state index is 12.8. The van der Waals surface area contributed by atoms with Crippen molar-refractivity contribution in [2.45, 2.75) is 6.18 Å². The van der Waals surface area contributed by atoms with E-state index in [1.807, 2.05) is 18.2 Å². The summed E-state index contributed by atoms with van der Waals surface area (Å²) in [5, 5.41) is 15.0. The summed E-state index contributed by atoms with van der Waals surface area (Å²) in [4.78, 5) is 4.42. The second kappa shape index (κ2) is 7.82. The summed E-state index contributed by atoms with van der Waals surface area (Å²) in [6.07, 6.45) is -3.08. The fourth-order valence-corrected chi connectivity index (χ4v) is 3.15. The predicted octanol–water partition coefficient (Wildman–Crippen LogP) is 6.46. The first-order chi connectivity index (χ1) is 12.9. The van der Waals surface area contributed by atoms with Gasteiger partial charge in [0.05, 0.1) is 11.3 Å². The number of aromatic nitrogens is 1. The Morgan fingerprint density at radius 1 is 1.19 bits per heavy atom. The van der Waals surface area contributed by atoms with Gasteiger partial charge in [-0.2, -0.15) is 18.4 Å². The van der Waals surface area contributed by atoms with Gasteiger partial charge in [0.25, 0.3) is 0 Å². The van der Waals surface area contributed by atoms with Gasteiger partial charge < -0.3 is 5.32 Å². The summed E-state index contributed by atoms with van der Waals surface area (Å²) >= 11 is 7.14. The lowest BCUT2D eigenvalue weighted by Gasteiger charge is -2.08. The monoisotopic (exact) mass is 405 g/mol. The van der Waals surface area contributed by atoms with E-state index in [2.05, 4.69) is 10.3 Å². The first kappa shape index (κ1) is 19.0. The molecule has 3 nitrogen and oxygen atoms in total. The Hall–Kier alpha value is -2.82. The average molecular weight is 406 g/mol. The molecule has 0 amide bonds. The standard InChI is InChI=1S/C19H11ClF3N3S/c20-15-6-4-12(5-7-15)17-11-27-18(26-17)13(9-24)10-25-16-3-1-2-14(8-16)19(21,22)23/h1-8,10-11,25H/b13-10+. The first-order valence-corrected chi connectivity index (χ1v) is 8.88. The third kappa shape index (κ3) is 4.67. The smallest absolute Gasteiger partial charge is 0.360 e. The number of benzene rings is 2. The molecular formula is C19H11ClF3N3S. The van der Waals surface area contributed by atoms with E-state index in [0.717, 1.165) is 17.7 Å². The van der Waals surface area contributed by atoms with Crippen molar-refractivity contribution < 1.29 is 13.2 Å². The molecule has 0 radical (unpaired) electrons. The zero-order chi connectivity index (χ0) is 19.4. The maximum atomic E-state index is 12.8. The van der Waals surface area contributed by atoms with Gasteiger partial charge in [0.1, 0.15) is 16.6 Å². The number of hydrogen-bond acceptors (Lipinski definition) is 4. The number of nitriles is 1. The van der Waals surface area contributed by atoms with E-state index in [1.165, 1.54) is 29.7 Å². The van der Waals surface area contributed by atoms with Gasteiger partial charge in [0.2, 0.25) is 0 Å². The number of allylic oxidation sites excluding steroid dienone is 1. The molecule has 1 N–H and O–H groups in total. The number of thiazole rings is 1. The highest BCUT2D eigenvalue weighted by Crippen LogP contribution is 2.31. The van der Waals surface area contributed by atoms with Crippen LogP contribution in [0.3, 0.4) is 0 Å². The number of halogens is 4. The largest absolute Gasteiger partial charge is 0.416 e. The van der Waals surface area contributed by atoms with Gasteiger partial charge in [0.15, 0.2) is 0 Å². The van der Waals surface area contributed by atoms with Crippen LogP contribution in [-0.4, -0.2) is 4.98 Å². The summed E-state index contributed by atoms with van der Waals surface area (Å²) in [6, 6.07) is 13.9. The topological polar surface area (TPSA) is 48.7 Å². The van der Waals surface area contributed by atoms with Crippen LogP contribution in [0, 0.1) is 11.3 Å². The molecule has 1 aromatic heterocycles. The molecule has 8 heteroatoms. The first-order valence-electron chi connectivity index (χ1n) is 7.63. The molecule has 3 aromatic rings. The second-order valence-electron chi connectivity index (χ2n) is 5.44. The Bertz CT molecular complexity index is 1020. The van der Waals surface area contributed by atoms with Crippen LogP contribution >= 0.6 is 22.9 Å². The van der Waals surface area contributed by atoms with Gasteiger partial charge in [-0.05, 0) is 30.3 Å². The van der Waals surface area contributed by atoms with Crippen LogP contribution in [-0.2, 0) is 6.18 Å². The molecule has 0 aliphatic carbocycles. The van der Waals surface area contributed by atoms with Gasteiger partial charge in [-0.1, -0.05) is 29.8 Å². The van der Waals surface area contributed by atoms with Gasteiger partial charge in [-0.25, -0.2) is 4.98 Å². The highest BCUT2D eigenvalue weighted by molar-refractivity contribution is 7.11. The van der Waals surface area contributed by atoms with Crippen molar-refractivity contribution in [1.82, 2.24) is 4.98 Å². The zero-order valence-corrected chi connectivity index (χ0v) is 15.2. The minimum absolute atomic E-state index is 0.220. The molecule has 3 rings (SSSR count). The molecule has 0 unspecified atom stereocenters. The van der Waals surface area contributed by atoms with E-state index >= 15 is 0 Å². The van der Waals surface area contributed by atoms with Crippen LogP contribution in [0.1, 0.15) is 10.6 Å². The van der Waals surface area contributed by atoms with Crippen LogP contribution < -0.4 is 5.32 Å². The molecular weight excluding hydrogens is 395 g/mol. The molecule has 0 atom stereocenters. The number of nitrogens with one attached hydrogen (secondary N) is 1. The molecule has 0 aliphatic rings. The van der Waals surface area contributed by atoms with E-state index in [-0.39, 0.29) is 11.3 Å². The van der Waals surface area contributed by atoms with Crippen LogP contribution in [0.5, 0.6) is 0 Å². The van der Waals surface area contributed by atoms with Gasteiger partial charge in [-0.3, -0.25) is 0 Å². The molecule has 0 aliphatic heterocycles. The summed E-state index contributed by atoms with van der Waals surface area (Å²) in [7, 11) is 0. The van der Waals surface area contributed by atoms with Crippen molar-refractivity contribution in [3.8, 4) is 17.3 Å². The summed E-state index contributed by atoms with van der Waals surface area (Å²) in [5.41, 5.74) is 1.22. The average Bonchev–Trinajstić information content (AvgIpc) is 3.12. The minimum Gasteiger partial charge on any atom is -0.360 e. The highest BCUT2D eigenvalue weighted by Gasteiger charge is 2.30. The van der Waals surface area contributed by atoms with Crippen LogP contribution in [0.4, 0.5) is 18.9 Å². The molecule has 0 fully saturated rings. The van der Waals surface area contributed by atoms with Gasteiger partial charge in [0, 0.05) is 27.9 Å². The van der Waals surface area contributed by atoms with Crippen molar-refractivity contribution in [3.63, 3.8) is 0 Å². The van der Waals surface area contributed by atoms with E-state index < -0.39 is 11.7 Å². The van der Waals surface area contributed by atoms with Crippen molar-refractivity contribution in [2.75, 3.05) is 5.32 Å². The highest BCUT2D eigenvalue weighted by atomic mass is 35.5. The van der Waals surface area contributed by atoms with E-state index in [4.69, 9.17) is 11.6 Å². The maximum Gasteiger partial charge on any atom is 0.416 e. The summed E-state index contributed by atoms with van der Waals surface area (Å²) < 4.78 is 38.3. The fraction of sp³-hybridized carbons (Fsp3) is 0.0526. The van der Waals surface area contributed by atoms with Gasteiger partial charge in [-0.15, -0.1) is 11.3 Å². The summed E-state index contributed by atoms with van der Waals surface area (Å²) in [6.45, 7) is 0. The molecule has 27 heavy (non-hydrogen) atoms. The second-order valence-corrected chi connectivity index (χ2v) is 6.73. The lowest BCUT2D eigenvalue weighted by Crippen LogP contribution is -2.05. The Morgan fingerprint density at radius 2 is 1.93 bits per heavy atom. The SMILES string of the molecule is N#C/C(=C\Nc1cccc(C(F)(F)F)c1)c1nc(-c2ccc(Cl)cc2)cs1. The Balaban J connectivity index is 1.82. The Labute approximate surface area is 162 Å². The minimum atomic E-state index is -4.43. The van der Waals surface area contributed by atoms with Crippen LogP contribution in [0.15, 0.2) is 60.1 Å². The number of nitrogens with zero attached hydrogens (tertiary/aromatic N) is 2. The molecule has 0 saturated carbocycles. The molecule has 0 spiro atoms. The lowest BCUT2D eigenvalue weighted by molar-refractivity contribution is -0.137. The quantitative estimate of drug-likeness (QED) is 0.507. The van der Waals surface area contributed by atoms with Crippen LogP contribution in [0.25, 0.3) is 16.8 Å². The zero-order valence-electron chi connectivity index (χ0n) is 13.6. The van der Waals surface area contributed by atoms with Crippen molar-refractivity contribution in [2.24, 2.45) is 0 Å².